The number of hydrogen-bond donors (Lipinski definition) is 1. The highest BCUT2D eigenvalue weighted by Gasteiger charge is 2.17. The third kappa shape index (κ3) is 3.51. The van der Waals surface area contributed by atoms with Gasteiger partial charge in [-0.25, -0.2) is 4.39 Å². The standard InChI is InChI=1S/C14H20FNO/c15-13-7-2-1-6-12(13)14(16)10-17-9-8-11-4-3-5-11/h1-2,6-7,11,14H,3-5,8-10,16H2. The monoisotopic (exact) mass is 237 g/mol. The summed E-state index contributed by atoms with van der Waals surface area (Å²) >= 11 is 0. The van der Waals surface area contributed by atoms with E-state index in [1.807, 2.05) is 0 Å². The van der Waals surface area contributed by atoms with Gasteiger partial charge < -0.3 is 10.5 Å². The van der Waals surface area contributed by atoms with Gasteiger partial charge in [0.25, 0.3) is 0 Å². The van der Waals surface area contributed by atoms with Crippen molar-refractivity contribution in [3.63, 3.8) is 0 Å². The van der Waals surface area contributed by atoms with Gasteiger partial charge in [0.15, 0.2) is 0 Å². The van der Waals surface area contributed by atoms with Crippen LogP contribution >= 0.6 is 0 Å². The zero-order valence-electron chi connectivity index (χ0n) is 10.1. The maximum absolute atomic E-state index is 13.4. The fourth-order valence-corrected chi connectivity index (χ4v) is 2.11. The first kappa shape index (κ1) is 12.5. The van der Waals surface area contributed by atoms with Crippen LogP contribution in [0.1, 0.15) is 37.3 Å². The first-order valence-corrected chi connectivity index (χ1v) is 6.35. The Kier molecular flexibility index (Phi) is 4.51. The number of halogens is 1. The topological polar surface area (TPSA) is 35.2 Å². The van der Waals surface area contributed by atoms with Gasteiger partial charge in [0.2, 0.25) is 0 Å². The molecular weight excluding hydrogens is 217 g/mol. The number of rotatable bonds is 6. The molecule has 17 heavy (non-hydrogen) atoms. The number of ether oxygens (including phenoxy) is 1. The Bertz CT molecular complexity index is 352. The van der Waals surface area contributed by atoms with Crippen molar-refractivity contribution in [2.45, 2.75) is 31.7 Å². The fourth-order valence-electron chi connectivity index (χ4n) is 2.11. The van der Waals surface area contributed by atoms with Crippen LogP contribution in [-0.4, -0.2) is 13.2 Å². The van der Waals surface area contributed by atoms with Crippen molar-refractivity contribution in [3.8, 4) is 0 Å². The summed E-state index contributed by atoms with van der Waals surface area (Å²) in [6.07, 6.45) is 5.15. The van der Waals surface area contributed by atoms with Gasteiger partial charge in [-0.3, -0.25) is 0 Å². The summed E-state index contributed by atoms with van der Waals surface area (Å²) in [6, 6.07) is 6.26. The predicted molar refractivity (Wildman–Crippen MR) is 66.1 cm³/mol. The molecule has 1 aliphatic carbocycles. The van der Waals surface area contributed by atoms with Crippen molar-refractivity contribution in [2.24, 2.45) is 11.7 Å². The van der Waals surface area contributed by atoms with Crippen LogP contribution < -0.4 is 5.73 Å². The smallest absolute Gasteiger partial charge is 0.128 e. The number of benzene rings is 1. The van der Waals surface area contributed by atoms with E-state index < -0.39 is 0 Å². The van der Waals surface area contributed by atoms with Crippen molar-refractivity contribution >= 4 is 0 Å². The second kappa shape index (κ2) is 6.12. The van der Waals surface area contributed by atoms with E-state index in [2.05, 4.69) is 0 Å². The minimum Gasteiger partial charge on any atom is -0.379 e. The third-order valence-electron chi connectivity index (χ3n) is 3.50. The molecule has 1 aromatic carbocycles. The van der Waals surface area contributed by atoms with Gasteiger partial charge in [-0.15, -0.1) is 0 Å². The van der Waals surface area contributed by atoms with E-state index in [9.17, 15) is 4.39 Å². The molecule has 0 amide bonds. The van der Waals surface area contributed by atoms with Crippen LogP contribution in [0.2, 0.25) is 0 Å². The highest BCUT2D eigenvalue weighted by Crippen LogP contribution is 2.29. The first-order chi connectivity index (χ1) is 8.27. The Labute approximate surface area is 102 Å². The minimum atomic E-state index is -0.363. The molecule has 0 aliphatic heterocycles. The van der Waals surface area contributed by atoms with Gasteiger partial charge in [-0.1, -0.05) is 37.5 Å². The lowest BCUT2D eigenvalue weighted by Crippen LogP contribution is -2.20. The summed E-state index contributed by atoms with van der Waals surface area (Å²) in [5, 5.41) is 0. The molecule has 1 aromatic rings. The Balaban J connectivity index is 1.69. The molecule has 3 heteroatoms. The lowest BCUT2D eigenvalue weighted by Gasteiger charge is -2.25. The van der Waals surface area contributed by atoms with E-state index in [1.165, 1.54) is 25.3 Å². The molecule has 0 saturated heterocycles. The van der Waals surface area contributed by atoms with Gasteiger partial charge in [0.05, 0.1) is 12.6 Å². The molecule has 2 N–H and O–H groups in total. The predicted octanol–water partition coefficient (Wildman–Crippen LogP) is 3.03. The van der Waals surface area contributed by atoms with Crippen LogP contribution in [0.4, 0.5) is 4.39 Å². The first-order valence-electron chi connectivity index (χ1n) is 6.35. The molecular formula is C14H20FNO. The summed E-state index contributed by atoms with van der Waals surface area (Å²) in [7, 11) is 0. The molecule has 1 aliphatic rings. The third-order valence-corrected chi connectivity index (χ3v) is 3.50. The van der Waals surface area contributed by atoms with E-state index >= 15 is 0 Å². The molecule has 0 heterocycles. The van der Waals surface area contributed by atoms with Crippen molar-refractivity contribution in [1.82, 2.24) is 0 Å². The summed E-state index contributed by atoms with van der Waals surface area (Å²) in [6.45, 7) is 1.14. The molecule has 0 radical (unpaired) electrons. The molecule has 0 spiro atoms. The van der Waals surface area contributed by atoms with Crippen molar-refractivity contribution < 1.29 is 9.13 Å². The largest absolute Gasteiger partial charge is 0.379 e. The molecule has 0 bridgehead atoms. The van der Waals surface area contributed by atoms with Gasteiger partial charge in [-0.2, -0.15) is 0 Å². The average Bonchev–Trinajstić information content (AvgIpc) is 2.26. The molecule has 1 atom stereocenters. The van der Waals surface area contributed by atoms with Gasteiger partial charge in [0, 0.05) is 12.2 Å². The second-order valence-electron chi connectivity index (χ2n) is 4.79. The number of nitrogens with two attached hydrogens (primary N) is 1. The zero-order valence-corrected chi connectivity index (χ0v) is 10.1. The van der Waals surface area contributed by atoms with E-state index in [-0.39, 0.29) is 11.9 Å². The highest BCUT2D eigenvalue weighted by atomic mass is 19.1. The summed E-state index contributed by atoms with van der Waals surface area (Å²) in [5.74, 6) is 0.599. The van der Waals surface area contributed by atoms with E-state index in [0.717, 1.165) is 18.9 Å². The molecule has 1 unspecified atom stereocenters. The molecule has 0 aromatic heterocycles. The van der Waals surface area contributed by atoms with Crippen molar-refractivity contribution in [2.75, 3.05) is 13.2 Å². The normalized spacial score (nSPS) is 17.8. The second-order valence-corrected chi connectivity index (χ2v) is 4.79. The molecule has 2 rings (SSSR count). The van der Waals surface area contributed by atoms with Gasteiger partial charge >= 0.3 is 0 Å². The number of hydrogen-bond acceptors (Lipinski definition) is 2. The Hall–Kier alpha value is -0.930. The Morgan fingerprint density at radius 3 is 2.76 bits per heavy atom. The SMILES string of the molecule is NC(COCCC1CCC1)c1ccccc1F. The molecule has 94 valence electrons. The van der Waals surface area contributed by atoms with Crippen LogP contribution in [0.5, 0.6) is 0 Å². The maximum Gasteiger partial charge on any atom is 0.128 e. The summed E-state index contributed by atoms with van der Waals surface area (Å²) in [4.78, 5) is 0. The van der Waals surface area contributed by atoms with Crippen LogP contribution in [0.3, 0.4) is 0 Å². The van der Waals surface area contributed by atoms with Crippen molar-refractivity contribution in [3.05, 3.63) is 35.6 Å². The highest BCUT2D eigenvalue weighted by molar-refractivity contribution is 5.20. The van der Waals surface area contributed by atoms with E-state index in [4.69, 9.17) is 10.5 Å². The van der Waals surface area contributed by atoms with Crippen LogP contribution in [0.15, 0.2) is 24.3 Å². The molecule has 1 saturated carbocycles. The van der Waals surface area contributed by atoms with E-state index in [0.29, 0.717) is 12.2 Å². The summed E-state index contributed by atoms with van der Waals surface area (Å²) in [5.41, 5.74) is 6.43. The van der Waals surface area contributed by atoms with E-state index in [1.54, 1.807) is 18.2 Å². The van der Waals surface area contributed by atoms with Crippen LogP contribution in [0.25, 0.3) is 0 Å². The van der Waals surface area contributed by atoms with Crippen molar-refractivity contribution in [1.29, 1.82) is 0 Å². The molecule has 2 nitrogen and oxygen atoms in total. The van der Waals surface area contributed by atoms with Crippen LogP contribution in [0, 0.1) is 11.7 Å². The Morgan fingerprint density at radius 2 is 2.12 bits per heavy atom. The van der Waals surface area contributed by atoms with Crippen LogP contribution in [-0.2, 0) is 4.74 Å². The zero-order chi connectivity index (χ0) is 12.1. The quantitative estimate of drug-likeness (QED) is 0.772. The molecule has 1 fully saturated rings. The lowest BCUT2D eigenvalue weighted by atomic mass is 9.83. The minimum absolute atomic E-state index is 0.248. The maximum atomic E-state index is 13.4. The lowest BCUT2D eigenvalue weighted by molar-refractivity contribution is 0.0956. The average molecular weight is 237 g/mol. The summed E-state index contributed by atoms with van der Waals surface area (Å²) < 4.78 is 18.9. The van der Waals surface area contributed by atoms with Gasteiger partial charge in [-0.05, 0) is 18.4 Å². The Morgan fingerprint density at radius 1 is 1.35 bits per heavy atom. The fraction of sp³-hybridized carbons (Fsp3) is 0.571. The van der Waals surface area contributed by atoms with Gasteiger partial charge in [0.1, 0.15) is 5.82 Å².